The SMILES string of the molecule is O=C1C[C@](O)(c2ccccc2)[C@@H](c2ccc(Br)cc2)N1. The monoisotopic (exact) mass is 331 g/mol. The third-order valence-electron chi connectivity index (χ3n) is 3.69. The smallest absolute Gasteiger partial charge is 0.223 e. The molecule has 0 bridgehead atoms. The molecule has 0 aliphatic carbocycles. The second kappa shape index (κ2) is 5.04. The first-order chi connectivity index (χ1) is 9.59. The average molecular weight is 332 g/mol. The number of amides is 1. The molecule has 1 heterocycles. The fraction of sp³-hybridized carbons (Fsp3) is 0.188. The van der Waals surface area contributed by atoms with E-state index < -0.39 is 11.6 Å². The Labute approximate surface area is 125 Å². The van der Waals surface area contributed by atoms with Crippen LogP contribution in [0.1, 0.15) is 23.6 Å². The molecular formula is C16H14BrNO2. The van der Waals surface area contributed by atoms with Crippen LogP contribution in [-0.4, -0.2) is 11.0 Å². The fourth-order valence-electron chi connectivity index (χ4n) is 2.69. The lowest BCUT2D eigenvalue weighted by Crippen LogP contribution is -2.33. The minimum atomic E-state index is -1.20. The third-order valence-corrected chi connectivity index (χ3v) is 4.22. The van der Waals surface area contributed by atoms with E-state index in [2.05, 4.69) is 21.2 Å². The summed E-state index contributed by atoms with van der Waals surface area (Å²) in [7, 11) is 0. The molecule has 0 spiro atoms. The number of carbonyl (C=O) groups excluding carboxylic acids is 1. The third kappa shape index (κ3) is 2.25. The Hall–Kier alpha value is -1.65. The molecule has 1 saturated heterocycles. The van der Waals surface area contributed by atoms with Crippen molar-refractivity contribution in [1.82, 2.24) is 5.32 Å². The molecule has 1 fully saturated rings. The van der Waals surface area contributed by atoms with Gasteiger partial charge >= 0.3 is 0 Å². The van der Waals surface area contributed by atoms with Gasteiger partial charge in [0.1, 0.15) is 5.60 Å². The minimum absolute atomic E-state index is 0.0811. The van der Waals surface area contributed by atoms with E-state index in [9.17, 15) is 9.90 Å². The lowest BCUT2D eigenvalue weighted by molar-refractivity contribution is -0.120. The number of carbonyl (C=O) groups is 1. The molecule has 0 unspecified atom stereocenters. The molecule has 4 heteroatoms. The van der Waals surface area contributed by atoms with E-state index in [1.807, 2.05) is 54.6 Å². The van der Waals surface area contributed by atoms with Crippen molar-refractivity contribution in [1.29, 1.82) is 0 Å². The fourth-order valence-corrected chi connectivity index (χ4v) is 2.95. The predicted octanol–water partition coefficient (Wildman–Crippen LogP) is 2.90. The number of aliphatic hydroxyl groups is 1. The van der Waals surface area contributed by atoms with Crippen LogP contribution in [-0.2, 0) is 10.4 Å². The Morgan fingerprint density at radius 2 is 1.75 bits per heavy atom. The maximum absolute atomic E-state index is 11.8. The van der Waals surface area contributed by atoms with Gasteiger partial charge in [0.2, 0.25) is 5.91 Å². The number of nitrogens with one attached hydrogen (secondary N) is 1. The zero-order valence-electron chi connectivity index (χ0n) is 10.7. The molecule has 0 aromatic heterocycles. The lowest BCUT2D eigenvalue weighted by atomic mass is 9.83. The minimum Gasteiger partial charge on any atom is -0.382 e. The van der Waals surface area contributed by atoms with Gasteiger partial charge in [0, 0.05) is 4.47 Å². The van der Waals surface area contributed by atoms with Gasteiger partial charge in [-0.15, -0.1) is 0 Å². The molecule has 1 aliphatic heterocycles. The van der Waals surface area contributed by atoms with Crippen LogP contribution in [0.15, 0.2) is 59.1 Å². The Morgan fingerprint density at radius 3 is 2.40 bits per heavy atom. The van der Waals surface area contributed by atoms with E-state index in [1.54, 1.807) is 0 Å². The van der Waals surface area contributed by atoms with Crippen LogP contribution < -0.4 is 5.32 Å². The quantitative estimate of drug-likeness (QED) is 0.888. The van der Waals surface area contributed by atoms with Crippen molar-refractivity contribution in [2.45, 2.75) is 18.1 Å². The van der Waals surface area contributed by atoms with Gasteiger partial charge in [0.15, 0.2) is 0 Å². The standard InChI is InChI=1S/C16H14BrNO2/c17-13-8-6-11(7-9-13)15-16(20,10-14(19)18-15)12-4-2-1-3-5-12/h1-9,15,20H,10H2,(H,18,19)/t15-,16+/m1/s1. The van der Waals surface area contributed by atoms with Crippen molar-refractivity contribution in [3.8, 4) is 0 Å². The topological polar surface area (TPSA) is 49.3 Å². The summed E-state index contributed by atoms with van der Waals surface area (Å²) in [4.78, 5) is 11.8. The zero-order valence-corrected chi connectivity index (χ0v) is 12.3. The number of hydrogen-bond donors (Lipinski definition) is 2. The molecular weight excluding hydrogens is 318 g/mol. The molecule has 2 N–H and O–H groups in total. The van der Waals surface area contributed by atoms with Crippen LogP contribution in [0.5, 0.6) is 0 Å². The molecule has 20 heavy (non-hydrogen) atoms. The van der Waals surface area contributed by atoms with Gasteiger partial charge in [-0.05, 0) is 23.3 Å². The van der Waals surface area contributed by atoms with E-state index in [4.69, 9.17) is 0 Å². The largest absolute Gasteiger partial charge is 0.382 e. The summed E-state index contributed by atoms with van der Waals surface area (Å²) in [6.07, 6.45) is 0.0811. The van der Waals surface area contributed by atoms with Crippen molar-refractivity contribution in [2.24, 2.45) is 0 Å². The summed E-state index contributed by atoms with van der Waals surface area (Å²) in [5.41, 5.74) is 0.447. The summed E-state index contributed by atoms with van der Waals surface area (Å²) in [6, 6.07) is 16.6. The Balaban J connectivity index is 2.04. The van der Waals surface area contributed by atoms with Crippen LogP contribution in [0.2, 0.25) is 0 Å². The van der Waals surface area contributed by atoms with Crippen LogP contribution >= 0.6 is 15.9 Å². The number of benzene rings is 2. The van der Waals surface area contributed by atoms with E-state index in [-0.39, 0.29) is 12.3 Å². The first-order valence-electron chi connectivity index (χ1n) is 6.42. The van der Waals surface area contributed by atoms with E-state index in [0.717, 1.165) is 15.6 Å². The molecule has 1 aliphatic rings. The molecule has 102 valence electrons. The lowest BCUT2D eigenvalue weighted by Gasteiger charge is -2.29. The second-order valence-corrected chi connectivity index (χ2v) is 5.93. The molecule has 3 nitrogen and oxygen atoms in total. The van der Waals surface area contributed by atoms with Crippen LogP contribution in [0, 0.1) is 0 Å². The zero-order chi connectivity index (χ0) is 14.2. The van der Waals surface area contributed by atoms with Gasteiger partial charge < -0.3 is 10.4 Å². The van der Waals surface area contributed by atoms with Crippen LogP contribution in [0.3, 0.4) is 0 Å². The maximum atomic E-state index is 11.8. The molecule has 2 aromatic rings. The van der Waals surface area contributed by atoms with Gasteiger partial charge in [-0.2, -0.15) is 0 Å². The Bertz CT molecular complexity index is 627. The molecule has 3 rings (SSSR count). The Morgan fingerprint density at radius 1 is 1.10 bits per heavy atom. The predicted molar refractivity (Wildman–Crippen MR) is 80.0 cm³/mol. The molecule has 2 aromatic carbocycles. The summed E-state index contributed by atoms with van der Waals surface area (Å²) in [5, 5.41) is 13.9. The summed E-state index contributed by atoms with van der Waals surface area (Å²) >= 11 is 3.39. The highest BCUT2D eigenvalue weighted by Gasteiger charge is 2.47. The van der Waals surface area contributed by atoms with Crippen molar-refractivity contribution in [2.75, 3.05) is 0 Å². The van der Waals surface area contributed by atoms with Gasteiger partial charge in [-0.3, -0.25) is 4.79 Å². The highest BCUT2D eigenvalue weighted by atomic mass is 79.9. The molecule has 0 saturated carbocycles. The van der Waals surface area contributed by atoms with Crippen LogP contribution in [0.25, 0.3) is 0 Å². The van der Waals surface area contributed by atoms with E-state index in [0.29, 0.717) is 0 Å². The molecule has 2 atom stereocenters. The van der Waals surface area contributed by atoms with Crippen molar-refractivity contribution < 1.29 is 9.90 Å². The van der Waals surface area contributed by atoms with Crippen molar-refractivity contribution in [3.63, 3.8) is 0 Å². The van der Waals surface area contributed by atoms with Gasteiger partial charge in [-0.1, -0.05) is 58.4 Å². The normalized spacial score (nSPS) is 25.5. The number of rotatable bonds is 2. The molecule has 0 radical (unpaired) electrons. The molecule has 1 amide bonds. The van der Waals surface area contributed by atoms with Gasteiger partial charge in [-0.25, -0.2) is 0 Å². The number of halogens is 1. The average Bonchev–Trinajstić information content (AvgIpc) is 2.77. The summed E-state index contributed by atoms with van der Waals surface area (Å²) in [5.74, 6) is -0.135. The van der Waals surface area contributed by atoms with Crippen molar-refractivity contribution >= 4 is 21.8 Å². The first kappa shape index (κ1) is 13.3. The highest BCUT2D eigenvalue weighted by Crippen LogP contribution is 2.42. The van der Waals surface area contributed by atoms with Gasteiger partial charge in [0.05, 0.1) is 12.5 Å². The van der Waals surface area contributed by atoms with E-state index in [1.165, 1.54) is 0 Å². The maximum Gasteiger partial charge on any atom is 0.223 e. The Kier molecular flexibility index (Phi) is 3.36. The number of hydrogen-bond acceptors (Lipinski definition) is 2. The van der Waals surface area contributed by atoms with Crippen molar-refractivity contribution in [3.05, 3.63) is 70.2 Å². The van der Waals surface area contributed by atoms with Crippen LogP contribution in [0.4, 0.5) is 0 Å². The summed E-state index contributed by atoms with van der Waals surface area (Å²) < 4.78 is 0.967. The first-order valence-corrected chi connectivity index (χ1v) is 7.21. The summed E-state index contributed by atoms with van der Waals surface area (Å²) in [6.45, 7) is 0. The second-order valence-electron chi connectivity index (χ2n) is 5.02. The van der Waals surface area contributed by atoms with E-state index >= 15 is 0 Å². The van der Waals surface area contributed by atoms with Gasteiger partial charge in [0.25, 0.3) is 0 Å². The highest BCUT2D eigenvalue weighted by molar-refractivity contribution is 9.10.